The second-order valence-corrected chi connectivity index (χ2v) is 4.17. The highest BCUT2D eigenvalue weighted by Gasteiger charge is 2.23. The monoisotopic (exact) mass is 221 g/mol. The highest BCUT2D eigenvalue weighted by atomic mass is 16.4. The molecule has 0 radical (unpaired) electrons. The number of carbonyl (C=O) groups is 1. The molecule has 2 rings (SSSR count). The molecule has 0 atom stereocenters. The van der Waals surface area contributed by atoms with E-state index in [4.69, 9.17) is 10.8 Å². The predicted octanol–water partition coefficient (Wildman–Crippen LogP) is 1.80. The fraction of sp³-hybridized carbons (Fsp3) is 0.545. The van der Waals surface area contributed by atoms with Gasteiger partial charge in [0, 0.05) is 11.8 Å². The van der Waals surface area contributed by atoms with Gasteiger partial charge in [-0.1, -0.05) is 19.3 Å². The molecule has 0 aliphatic heterocycles. The Morgan fingerprint density at radius 3 is 2.69 bits per heavy atom. The molecule has 0 unspecified atom stereocenters. The number of nitrogens with two attached hydrogens (primary N) is 1. The molecule has 1 aliphatic carbocycles. The van der Waals surface area contributed by atoms with Gasteiger partial charge in [0.1, 0.15) is 0 Å². The summed E-state index contributed by atoms with van der Waals surface area (Å²) in [6.07, 6.45) is 7.14. The number of aromatic nitrogens is 2. The molecule has 0 saturated heterocycles. The van der Waals surface area contributed by atoms with Gasteiger partial charge in [-0.3, -0.25) is 0 Å². The lowest BCUT2D eigenvalue weighted by Gasteiger charge is -2.22. The van der Waals surface area contributed by atoms with Gasteiger partial charge in [0.05, 0.1) is 0 Å². The van der Waals surface area contributed by atoms with Crippen LogP contribution < -0.4 is 5.73 Å². The summed E-state index contributed by atoms with van der Waals surface area (Å²) in [4.78, 5) is 18.8. The molecule has 1 heterocycles. The molecular weight excluding hydrogens is 206 g/mol. The van der Waals surface area contributed by atoms with Crippen LogP contribution in [0.1, 0.15) is 54.1 Å². The Labute approximate surface area is 93.7 Å². The third-order valence-electron chi connectivity index (χ3n) is 3.08. The summed E-state index contributed by atoms with van der Waals surface area (Å²) in [7, 11) is 0. The zero-order valence-corrected chi connectivity index (χ0v) is 9.02. The molecule has 1 aliphatic rings. The molecule has 3 N–H and O–H groups in total. The van der Waals surface area contributed by atoms with Crippen molar-refractivity contribution >= 4 is 11.9 Å². The first-order valence-electron chi connectivity index (χ1n) is 5.54. The van der Waals surface area contributed by atoms with E-state index in [0.29, 0.717) is 0 Å². The first-order chi connectivity index (χ1) is 7.68. The maximum atomic E-state index is 11.1. The molecule has 0 amide bonds. The number of anilines is 1. The Morgan fingerprint density at radius 1 is 1.38 bits per heavy atom. The van der Waals surface area contributed by atoms with E-state index in [1.54, 1.807) is 6.20 Å². The molecule has 0 aromatic carbocycles. The maximum Gasteiger partial charge on any atom is 0.354 e. The number of rotatable bonds is 2. The molecule has 5 nitrogen and oxygen atoms in total. The van der Waals surface area contributed by atoms with Crippen LogP contribution in [0.25, 0.3) is 0 Å². The lowest BCUT2D eigenvalue weighted by Crippen LogP contribution is -2.14. The molecule has 1 aromatic heterocycles. The van der Waals surface area contributed by atoms with Crippen molar-refractivity contribution in [1.82, 2.24) is 9.97 Å². The minimum absolute atomic E-state index is 0.0250. The van der Waals surface area contributed by atoms with E-state index in [0.717, 1.165) is 31.2 Å². The average molecular weight is 221 g/mol. The van der Waals surface area contributed by atoms with E-state index in [1.807, 2.05) is 0 Å². The molecule has 5 heteroatoms. The summed E-state index contributed by atoms with van der Waals surface area (Å²) in [5.41, 5.74) is 6.22. The van der Waals surface area contributed by atoms with Gasteiger partial charge in [0.25, 0.3) is 0 Å². The van der Waals surface area contributed by atoms with Crippen LogP contribution in [-0.2, 0) is 0 Å². The highest BCUT2D eigenvalue weighted by Crippen LogP contribution is 2.33. The summed E-state index contributed by atoms with van der Waals surface area (Å²) < 4.78 is 0. The normalized spacial score (nSPS) is 17.2. The van der Waals surface area contributed by atoms with Gasteiger partial charge in [-0.25, -0.2) is 14.8 Å². The fourth-order valence-corrected chi connectivity index (χ4v) is 2.29. The zero-order valence-electron chi connectivity index (χ0n) is 9.02. The van der Waals surface area contributed by atoms with Gasteiger partial charge in [-0.15, -0.1) is 0 Å². The lowest BCUT2D eigenvalue weighted by atomic mass is 9.84. The quantitative estimate of drug-likeness (QED) is 0.794. The van der Waals surface area contributed by atoms with Gasteiger partial charge in [0.15, 0.2) is 5.69 Å². The van der Waals surface area contributed by atoms with Crippen molar-refractivity contribution in [3.05, 3.63) is 17.5 Å². The third kappa shape index (κ3) is 2.13. The van der Waals surface area contributed by atoms with Crippen LogP contribution in [0.15, 0.2) is 6.20 Å². The van der Waals surface area contributed by atoms with Gasteiger partial charge < -0.3 is 10.8 Å². The molecule has 86 valence electrons. The van der Waals surface area contributed by atoms with Crippen molar-refractivity contribution in [3.8, 4) is 0 Å². The van der Waals surface area contributed by atoms with Gasteiger partial charge in [0.2, 0.25) is 5.95 Å². The zero-order chi connectivity index (χ0) is 11.5. The van der Waals surface area contributed by atoms with E-state index >= 15 is 0 Å². The Kier molecular flexibility index (Phi) is 3.03. The average Bonchev–Trinajstić information content (AvgIpc) is 2.30. The summed E-state index contributed by atoms with van der Waals surface area (Å²) >= 11 is 0. The number of carboxylic acid groups (broad SMARTS) is 1. The first-order valence-corrected chi connectivity index (χ1v) is 5.54. The van der Waals surface area contributed by atoms with Gasteiger partial charge >= 0.3 is 5.97 Å². The SMILES string of the molecule is Nc1ncc(C2CCCCC2)c(C(=O)O)n1. The standard InChI is InChI=1S/C11H15N3O2/c12-11-13-6-8(9(14-11)10(15)16)7-4-2-1-3-5-7/h6-7H,1-5H2,(H,15,16)(H2,12,13,14). The van der Waals surface area contributed by atoms with Crippen LogP contribution in [0, 0.1) is 0 Å². The van der Waals surface area contributed by atoms with Crippen LogP contribution in [0.5, 0.6) is 0 Å². The molecular formula is C11H15N3O2. The van der Waals surface area contributed by atoms with E-state index in [9.17, 15) is 4.79 Å². The summed E-state index contributed by atoms with van der Waals surface area (Å²) in [5.74, 6) is -0.716. The van der Waals surface area contributed by atoms with E-state index in [1.165, 1.54) is 6.42 Å². The predicted molar refractivity (Wildman–Crippen MR) is 59.2 cm³/mol. The van der Waals surface area contributed by atoms with Crippen LogP contribution in [0.2, 0.25) is 0 Å². The second-order valence-electron chi connectivity index (χ2n) is 4.17. The minimum atomic E-state index is -1.02. The number of hydrogen-bond donors (Lipinski definition) is 2. The molecule has 0 bridgehead atoms. The van der Waals surface area contributed by atoms with E-state index in [2.05, 4.69) is 9.97 Å². The van der Waals surface area contributed by atoms with Crippen LogP contribution >= 0.6 is 0 Å². The minimum Gasteiger partial charge on any atom is -0.476 e. The van der Waals surface area contributed by atoms with Crippen LogP contribution in [0.3, 0.4) is 0 Å². The number of carboxylic acids is 1. The van der Waals surface area contributed by atoms with Crippen LogP contribution in [-0.4, -0.2) is 21.0 Å². The Balaban J connectivity index is 2.34. The van der Waals surface area contributed by atoms with Crippen molar-refractivity contribution in [2.24, 2.45) is 0 Å². The second kappa shape index (κ2) is 4.47. The van der Waals surface area contributed by atoms with Crippen molar-refractivity contribution in [2.75, 3.05) is 5.73 Å². The molecule has 1 saturated carbocycles. The number of nitrogens with zero attached hydrogens (tertiary/aromatic N) is 2. The number of nitrogen functional groups attached to an aromatic ring is 1. The number of aromatic carboxylic acids is 1. The molecule has 16 heavy (non-hydrogen) atoms. The smallest absolute Gasteiger partial charge is 0.354 e. The van der Waals surface area contributed by atoms with Crippen LogP contribution in [0.4, 0.5) is 5.95 Å². The topological polar surface area (TPSA) is 89.1 Å². The van der Waals surface area contributed by atoms with Crippen molar-refractivity contribution in [2.45, 2.75) is 38.0 Å². The largest absolute Gasteiger partial charge is 0.476 e. The lowest BCUT2D eigenvalue weighted by molar-refractivity contribution is 0.0688. The van der Waals surface area contributed by atoms with Gasteiger partial charge in [-0.2, -0.15) is 0 Å². The Bertz CT molecular complexity index is 400. The van der Waals surface area contributed by atoms with E-state index < -0.39 is 5.97 Å². The third-order valence-corrected chi connectivity index (χ3v) is 3.08. The summed E-state index contributed by atoms with van der Waals surface area (Å²) in [6, 6.07) is 0. The fourth-order valence-electron chi connectivity index (χ4n) is 2.29. The Hall–Kier alpha value is -1.65. The number of hydrogen-bond acceptors (Lipinski definition) is 4. The van der Waals surface area contributed by atoms with Crippen molar-refractivity contribution in [1.29, 1.82) is 0 Å². The van der Waals surface area contributed by atoms with Crippen molar-refractivity contribution in [3.63, 3.8) is 0 Å². The Morgan fingerprint density at radius 2 is 2.06 bits per heavy atom. The summed E-state index contributed by atoms with van der Waals surface area (Å²) in [5, 5.41) is 9.07. The summed E-state index contributed by atoms with van der Waals surface area (Å²) in [6.45, 7) is 0. The van der Waals surface area contributed by atoms with Crippen molar-refractivity contribution < 1.29 is 9.90 Å². The highest BCUT2D eigenvalue weighted by molar-refractivity contribution is 5.87. The van der Waals surface area contributed by atoms with Gasteiger partial charge in [-0.05, 0) is 18.8 Å². The molecule has 1 aromatic rings. The molecule has 1 fully saturated rings. The maximum absolute atomic E-state index is 11.1. The van der Waals surface area contributed by atoms with E-state index in [-0.39, 0.29) is 17.6 Å². The molecule has 0 spiro atoms. The first kappa shape index (κ1) is 10.9.